The normalized spacial score (nSPS) is 16.2. The maximum Gasteiger partial charge on any atom is 0.325 e. The van der Waals surface area contributed by atoms with Crippen LogP contribution >= 0.6 is 0 Å². The number of oxazole rings is 1. The van der Waals surface area contributed by atoms with Gasteiger partial charge in [0.1, 0.15) is 23.0 Å². The third-order valence-corrected chi connectivity index (χ3v) is 4.85. The number of carbonyl (C=O) groups excluding carboxylic acids is 1. The molecule has 1 aliphatic rings. The van der Waals surface area contributed by atoms with Gasteiger partial charge in [0.05, 0.1) is 5.69 Å². The van der Waals surface area contributed by atoms with Crippen molar-refractivity contribution in [3.63, 3.8) is 0 Å². The number of nitrogens with zero attached hydrogens (tertiary/aromatic N) is 3. The Morgan fingerprint density at radius 2 is 1.93 bits per heavy atom. The van der Waals surface area contributed by atoms with E-state index in [2.05, 4.69) is 15.4 Å². The summed E-state index contributed by atoms with van der Waals surface area (Å²) in [7, 11) is 0. The minimum Gasteiger partial charge on any atom is -0.422 e. The molecule has 0 radical (unpaired) electrons. The number of carbonyl (C=O) groups is 1. The molecule has 2 aromatic heterocycles. The number of aromatic nitrogens is 3. The molecule has 1 aliphatic heterocycles. The van der Waals surface area contributed by atoms with Crippen LogP contribution in [-0.2, 0) is 4.79 Å². The van der Waals surface area contributed by atoms with Crippen molar-refractivity contribution in [2.24, 2.45) is 0 Å². The van der Waals surface area contributed by atoms with E-state index in [4.69, 9.17) is 4.42 Å². The molecule has 0 saturated heterocycles. The van der Waals surface area contributed by atoms with Crippen molar-refractivity contribution in [1.82, 2.24) is 14.8 Å². The van der Waals surface area contributed by atoms with Crippen molar-refractivity contribution in [2.75, 3.05) is 5.32 Å². The minimum absolute atomic E-state index is 0.0655. The first-order valence-corrected chi connectivity index (χ1v) is 8.71. The molecule has 28 heavy (non-hydrogen) atoms. The van der Waals surface area contributed by atoms with Gasteiger partial charge in [-0.05, 0) is 36.8 Å². The van der Waals surface area contributed by atoms with Gasteiger partial charge in [0.15, 0.2) is 5.58 Å². The molecule has 0 aliphatic carbocycles. The van der Waals surface area contributed by atoms with E-state index in [1.54, 1.807) is 13.0 Å². The van der Waals surface area contributed by atoms with Gasteiger partial charge in [-0.25, -0.2) is 8.78 Å². The van der Waals surface area contributed by atoms with Gasteiger partial charge in [-0.2, -0.15) is 14.8 Å². The standard InChI is InChI=1S/C20H14F2N4O2/c1-10-18-14(11-6-12(21)8-13(22)7-11)9-17(27)24-19(18)26(25-10)20-23-15-4-2-3-5-16(15)28-20/h2-8,14H,9H2,1H3,(H,24,27)/t14-/m0/s1. The van der Waals surface area contributed by atoms with Crippen LogP contribution < -0.4 is 5.32 Å². The fourth-order valence-electron chi connectivity index (χ4n) is 3.70. The molecule has 1 amide bonds. The number of hydrogen-bond donors (Lipinski definition) is 1. The zero-order valence-electron chi connectivity index (χ0n) is 14.7. The summed E-state index contributed by atoms with van der Waals surface area (Å²) in [6.45, 7) is 1.78. The molecular formula is C20H14F2N4O2. The van der Waals surface area contributed by atoms with Crippen LogP contribution in [0, 0.1) is 18.6 Å². The van der Waals surface area contributed by atoms with Crippen LogP contribution in [0.15, 0.2) is 46.9 Å². The Labute approximate surface area is 157 Å². The molecule has 3 heterocycles. The topological polar surface area (TPSA) is 73.0 Å². The molecule has 0 saturated carbocycles. The molecule has 6 nitrogen and oxygen atoms in total. The monoisotopic (exact) mass is 380 g/mol. The zero-order valence-corrected chi connectivity index (χ0v) is 14.7. The van der Waals surface area contributed by atoms with E-state index in [1.807, 2.05) is 18.2 Å². The first-order valence-electron chi connectivity index (χ1n) is 8.71. The fraction of sp³-hybridized carbons (Fsp3) is 0.150. The highest BCUT2D eigenvalue weighted by Gasteiger charge is 2.34. The second-order valence-electron chi connectivity index (χ2n) is 6.73. The maximum absolute atomic E-state index is 13.8. The van der Waals surface area contributed by atoms with Gasteiger partial charge < -0.3 is 9.73 Å². The van der Waals surface area contributed by atoms with Crippen LogP contribution in [0.25, 0.3) is 17.1 Å². The maximum atomic E-state index is 13.8. The zero-order chi connectivity index (χ0) is 19.4. The van der Waals surface area contributed by atoms with Gasteiger partial charge >= 0.3 is 6.01 Å². The fourth-order valence-corrected chi connectivity index (χ4v) is 3.70. The second-order valence-corrected chi connectivity index (χ2v) is 6.73. The van der Waals surface area contributed by atoms with E-state index >= 15 is 0 Å². The van der Waals surface area contributed by atoms with Crippen LogP contribution in [0.1, 0.15) is 29.2 Å². The van der Waals surface area contributed by atoms with E-state index in [0.717, 1.165) is 6.07 Å². The van der Waals surface area contributed by atoms with Crippen molar-refractivity contribution in [3.05, 3.63) is 70.9 Å². The summed E-state index contributed by atoms with van der Waals surface area (Å²) in [4.78, 5) is 16.8. The molecule has 4 aromatic rings. The average Bonchev–Trinajstić information content (AvgIpc) is 3.21. The molecule has 2 aromatic carbocycles. The van der Waals surface area contributed by atoms with Gasteiger partial charge in [-0.3, -0.25) is 4.79 Å². The van der Waals surface area contributed by atoms with E-state index in [1.165, 1.54) is 16.8 Å². The predicted molar refractivity (Wildman–Crippen MR) is 97.3 cm³/mol. The van der Waals surface area contributed by atoms with E-state index < -0.39 is 17.6 Å². The number of para-hydroxylation sites is 2. The van der Waals surface area contributed by atoms with Crippen molar-refractivity contribution in [3.8, 4) is 6.01 Å². The van der Waals surface area contributed by atoms with Gasteiger partial charge in [-0.1, -0.05) is 12.1 Å². The number of nitrogens with one attached hydrogen (secondary N) is 1. The van der Waals surface area contributed by atoms with Gasteiger partial charge in [-0.15, -0.1) is 0 Å². The largest absolute Gasteiger partial charge is 0.422 e. The summed E-state index contributed by atoms with van der Waals surface area (Å²) in [6, 6.07) is 10.8. The van der Waals surface area contributed by atoms with E-state index in [9.17, 15) is 13.6 Å². The predicted octanol–water partition coefficient (Wildman–Crippen LogP) is 4.07. The summed E-state index contributed by atoms with van der Waals surface area (Å²) < 4.78 is 34.7. The molecule has 5 rings (SSSR count). The number of fused-ring (bicyclic) bond motifs is 2. The minimum atomic E-state index is -0.688. The lowest BCUT2D eigenvalue weighted by Gasteiger charge is -2.24. The Morgan fingerprint density at radius 1 is 1.18 bits per heavy atom. The lowest BCUT2D eigenvalue weighted by molar-refractivity contribution is -0.116. The Hall–Kier alpha value is -3.55. The summed E-state index contributed by atoms with van der Waals surface area (Å²) >= 11 is 0. The summed E-state index contributed by atoms with van der Waals surface area (Å²) in [5.74, 6) is -1.78. The number of aryl methyl sites for hydroxylation is 1. The van der Waals surface area contributed by atoms with Crippen molar-refractivity contribution in [2.45, 2.75) is 19.3 Å². The molecular weight excluding hydrogens is 366 g/mol. The van der Waals surface area contributed by atoms with Gasteiger partial charge in [0.25, 0.3) is 0 Å². The third kappa shape index (κ3) is 2.57. The van der Waals surface area contributed by atoms with Crippen LogP contribution in [-0.4, -0.2) is 20.7 Å². The molecule has 1 N–H and O–H groups in total. The molecule has 0 unspecified atom stereocenters. The Bertz CT molecular complexity index is 1190. The lowest BCUT2D eigenvalue weighted by atomic mass is 9.85. The highest BCUT2D eigenvalue weighted by molar-refractivity contribution is 5.95. The van der Waals surface area contributed by atoms with Gasteiger partial charge in [0, 0.05) is 24.0 Å². The molecule has 1 atom stereocenters. The molecule has 0 spiro atoms. The smallest absolute Gasteiger partial charge is 0.325 e. The summed E-state index contributed by atoms with van der Waals surface area (Å²) in [6.07, 6.45) is 0.0655. The number of rotatable bonds is 2. The summed E-state index contributed by atoms with van der Waals surface area (Å²) in [5.41, 5.74) is 2.93. The number of amides is 1. The second kappa shape index (κ2) is 5.98. The molecule has 8 heteroatoms. The highest BCUT2D eigenvalue weighted by atomic mass is 19.1. The summed E-state index contributed by atoms with van der Waals surface area (Å²) in [5, 5.41) is 7.27. The Morgan fingerprint density at radius 3 is 2.68 bits per heavy atom. The average molecular weight is 380 g/mol. The third-order valence-electron chi connectivity index (χ3n) is 4.85. The van der Waals surface area contributed by atoms with Crippen LogP contribution in [0.4, 0.5) is 14.6 Å². The van der Waals surface area contributed by atoms with Gasteiger partial charge in [0.2, 0.25) is 5.91 Å². The lowest BCUT2D eigenvalue weighted by Crippen LogP contribution is -2.25. The molecule has 0 bridgehead atoms. The first kappa shape index (κ1) is 16.6. The first-order chi connectivity index (χ1) is 13.5. The Balaban J connectivity index is 1.69. The Kier molecular flexibility index (Phi) is 3.55. The van der Waals surface area contributed by atoms with Crippen molar-refractivity contribution in [1.29, 1.82) is 0 Å². The SMILES string of the molecule is Cc1nn(-c2nc3ccccc3o2)c2c1[C@H](c1cc(F)cc(F)c1)CC(=O)N2. The number of anilines is 1. The van der Waals surface area contributed by atoms with Crippen molar-refractivity contribution < 1.29 is 18.0 Å². The highest BCUT2D eigenvalue weighted by Crippen LogP contribution is 2.40. The number of halogens is 2. The van der Waals surface area contributed by atoms with E-state index in [-0.39, 0.29) is 18.3 Å². The van der Waals surface area contributed by atoms with Crippen molar-refractivity contribution >= 4 is 22.8 Å². The molecule has 140 valence electrons. The van der Waals surface area contributed by atoms with E-state index in [0.29, 0.717) is 33.7 Å². The van der Waals surface area contributed by atoms with Crippen LogP contribution in [0.2, 0.25) is 0 Å². The number of hydrogen-bond acceptors (Lipinski definition) is 4. The quantitative estimate of drug-likeness (QED) is 0.569. The molecule has 0 fully saturated rings. The van der Waals surface area contributed by atoms with Crippen LogP contribution in [0.5, 0.6) is 0 Å². The number of benzene rings is 2. The van der Waals surface area contributed by atoms with Crippen LogP contribution in [0.3, 0.4) is 0 Å².